The van der Waals surface area contributed by atoms with E-state index in [1.54, 1.807) is 6.26 Å². The smallest absolute Gasteiger partial charge is 0.416 e. The SMILES string of the molecule is O=C(C1CC1)N1CC[C@@H](Cn2c(-c3ccc(-c4ccc5ccoc5c4)cc3)nc3cc(C(F)(F)F)ccc32)C1. The van der Waals surface area contributed by atoms with Crippen LogP contribution >= 0.6 is 0 Å². The van der Waals surface area contributed by atoms with Gasteiger partial charge in [0.2, 0.25) is 5.91 Å². The van der Waals surface area contributed by atoms with E-state index >= 15 is 0 Å². The van der Waals surface area contributed by atoms with Gasteiger partial charge in [-0.25, -0.2) is 4.98 Å². The van der Waals surface area contributed by atoms with Gasteiger partial charge in [-0.2, -0.15) is 13.2 Å². The lowest BCUT2D eigenvalue weighted by Crippen LogP contribution is -2.30. The van der Waals surface area contributed by atoms with Gasteiger partial charge in [0.05, 0.1) is 22.9 Å². The van der Waals surface area contributed by atoms with Gasteiger partial charge < -0.3 is 13.9 Å². The van der Waals surface area contributed by atoms with Crippen LogP contribution in [-0.4, -0.2) is 33.4 Å². The molecule has 1 saturated carbocycles. The summed E-state index contributed by atoms with van der Waals surface area (Å²) in [7, 11) is 0. The minimum Gasteiger partial charge on any atom is -0.464 e. The van der Waals surface area contributed by atoms with Crippen molar-refractivity contribution < 1.29 is 22.4 Å². The Morgan fingerprint density at radius 2 is 1.69 bits per heavy atom. The number of amides is 1. The van der Waals surface area contributed by atoms with Crippen LogP contribution in [0.3, 0.4) is 0 Å². The van der Waals surface area contributed by atoms with E-state index < -0.39 is 11.7 Å². The van der Waals surface area contributed by atoms with E-state index in [2.05, 4.69) is 0 Å². The summed E-state index contributed by atoms with van der Waals surface area (Å²) in [6.45, 7) is 1.99. The zero-order chi connectivity index (χ0) is 26.7. The molecule has 1 atom stereocenters. The lowest BCUT2D eigenvalue weighted by molar-refractivity contribution is -0.137. The minimum atomic E-state index is -4.44. The molecular weight excluding hydrogens is 503 g/mol. The largest absolute Gasteiger partial charge is 0.464 e. The summed E-state index contributed by atoms with van der Waals surface area (Å²) >= 11 is 0. The van der Waals surface area contributed by atoms with Gasteiger partial charge in [0.1, 0.15) is 11.4 Å². The number of carbonyl (C=O) groups excluding carboxylic acids is 1. The number of likely N-dealkylation sites (tertiary alicyclic amines) is 1. The van der Waals surface area contributed by atoms with Crippen LogP contribution in [0.5, 0.6) is 0 Å². The Morgan fingerprint density at radius 1 is 0.923 bits per heavy atom. The maximum absolute atomic E-state index is 13.5. The van der Waals surface area contributed by atoms with E-state index in [4.69, 9.17) is 9.40 Å². The third-order valence-corrected chi connectivity index (χ3v) is 7.97. The Labute approximate surface area is 222 Å². The predicted octanol–water partition coefficient (Wildman–Crippen LogP) is 7.39. The molecule has 7 rings (SSSR count). The highest BCUT2D eigenvalue weighted by atomic mass is 19.4. The van der Waals surface area contributed by atoms with Gasteiger partial charge in [-0.1, -0.05) is 36.4 Å². The molecule has 39 heavy (non-hydrogen) atoms. The number of fused-ring (bicyclic) bond motifs is 2. The predicted molar refractivity (Wildman–Crippen MR) is 143 cm³/mol. The number of furan rings is 1. The zero-order valence-electron chi connectivity index (χ0n) is 21.1. The highest BCUT2D eigenvalue weighted by Crippen LogP contribution is 2.36. The van der Waals surface area contributed by atoms with Crippen LogP contribution in [0.4, 0.5) is 13.2 Å². The Kier molecular flexibility index (Phi) is 5.54. The first kappa shape index (κ1) is 24.0. The average Bonchev–Trinajstić information content (AvgIpc) is 3.33. The van der Waals surface area contributed by atoms with E-state index in [9.17, 15) is 18.0 Å². The summed E-state index contributed by atoms with van der Waals surface area (Å²) < 4.78 is 48.0. The fraction of sp³-hybridized carbons (Fsp3) is 0.290. The molecule has 5 aromatic rings. The fourth-order valence-corrected chi connectivity index (χ4v) is 5.69. The maximum Gasteiger partial charge on any atom is 0.416 e. The van der Waals surface area contributed by atoms with Crippen LogP contribution < -0.4 is 0 Å². The lowest BCUT2D eigenvalue weighted by atomic mass is 10.0. The number of imidazole rings is 1. The van der Waals surface area contributed by atoms with Crippen LogP contribution in [0, 0.1) is 11.8 Å². The molecule has 0 bridgehead atoms. The van der Waals surface area contributed by atoms with Crippen LogP contribution in [0.2, 0.25) is 0 Å². The molecule has 8 heteroatoms. The molecule has 1 aliphatic heterocycles. The molecule has 2 aromatic heterocycles. The zero-order valence-corrected chi connectivity index (χ0v) is 21.1. The summed E-state index contributed by atoms with van der Waals surface area (Å²) in [6, 6.07) is 19.6. The first-order valence-electron chi connectivity index (χ1n) is 13.3. The molecule has 0 N–H and O–H groups in total. The van der Waals surface area contributed by atoms with Crippen molar-refractivity contribution in [2.75, 3.05) is 13.1 Å². The van der Waals surface area contributed by atoms with Crippen LogP contribution in [0.25, 0.3) is 44.5 Å². The molecule has 0 radical (unpaired) electrons. The summed E-state index contributed by atoms with van der Waals surface area (Å²) in [4.78, 5) is 19.2. The van der Waals surface area contributed by atoms with Crippen molar-refractivity contribution in [2.45, 2.75) is 32.0 Å². The second-order valence-corrected chi connectivity index (χ2v) is 10.7. The standard InChI is InChI=1S/C31H26F3N3O2/c32-31(33,34)25-9-10-27-26(16-25)35-29(37(27)18-19-11-13-36(17-19)30(38)23-6-7-23)22-4-1-20(2-5-22)24-8-3-21-12-14-39-28(21)15-24/h1-5,8-10,12,14-16,19,23H,6-7,11,13,17-18H2/t19-/m1/s1. The number of alkyl halides is 3. The van der Waals surface area contributed by atoms with Crippen molar-refractivity contribution in [3.05, 3.63) is 78.6 Å². The molecular formula is C31H26F3N3O2. The topological polar surface area (TPSA) is 51.3 Å². The third-order valence-electron chi connectivity index (χ3n) is 7.97. The van der Waals surface area contributed by atoms with Crippen molar-refractivity contribution in [3.8, 4) is 22.5 Å². The van der Waals surface area contributed by atoms with Gasteiger partial charge in [0.25, 0.3) is 0 Å². The van der Waals surface area contributed by atoms with Crippen molar-refractivity contribution >= 4 is 27.9 Å². The molecule has 0 spiro atoms. The Balaban J connectivity index is 1.24. The highest BCUT2D eigenvalue weighted by Gasteiger charge is 2.37. The molecule has 5 nitrogen and oxygen atoms in total. The highest BCUT2D eigenvalue weighted by molar-refractivity contribution is 5.85. The Morgan fingerprint density at radius 3 is 2.46 bits per heavy atom. The van der Waals surface area contributed by atoms with E-state index in [-0.39, 0.29) is 17.7 Å². The Bertz CT molecular complexity index is 1700. The summed E-state index contributed by atoms with van der Waals surface area (Å²) in [5.41, 5.74) is 3.92. The molecule has 1 aliphatic carbocycles. The number of carbonyl (C=O) groups is 1. The molecule has 1 amide bonds. The number of hydrogen-bond acceptors (Lipinski definition) is 3. The van der Waals surface area contributed by atoms with Crippen molar-refractivity contribution in [2.24, 2.45) is 11.8 Å². The third kappa shape index (κ3) is 4.47. The molecule has 1 saturated heterocycles. The number of benzene rings is 3. The number of nitrogens with zero attached hydrogens (tertiary/aromatic N) is 3. The monoisotopic (exact) mass is 529 g/mol. The van der Waals surface area contributed by atoms with Gasteiger partial charge in [0.15, 0.2) is 0 Å². The van der Waals surface area contributed by atoms with Crippen molar-refractivity contribution in [3.63, 3.8) is 0 Å². The van der Waals surface area contributed by atoms with Gasteiger partial charge >= 0.3 is 6.18 Å². The summed E-state index contributed by atoms with van der Waals surface area (Å²) in [6.07, 6.45) is 0.0421. The van der Waals surface area contributed by atoms with Crippen molar-refractivity contribution in [1.82, 2.24) is 14.5 Å². The van der Waals surface area contributed by atoms with Crippen LogP contribution in [0.15, 0.2) is 77.4 Å². The van der Waals surface area contributed by atoms with Crippen molar-refractivity contribution in [1.29, 1.82) is 0 Å². The van der Waals surface area contributed by atoms with E-state index in [1.165, 1.54) is 6.07 Å². The molecule has 198 valence electrons. The number of hydrogen-bond donors (Lipinski definition) is 0. The molecule has 0 unspecified atom stereocenters. The van der Waals surface area contributed by atoms with E-state index in [0.29, 0.717) is 29.9 Å². The quantitative estimate of drug-likeness (QED) is 0.239. The van der Waals surface area contributed by atoms with Crippen LogP contribution in [0.1, 0.15) is 24.8 Å². The number of aromatic nitrogens is 2. The van der Waals surface area contributed by atoms with E-state index in [1.807, 2.05) is 58.0 Å². The summed E-state index contributed by atoms with van der Waals surface area (Å²) in [5.74, 6) is 1.27. The number of halogens is 3. The molecule has 3 aromatic carbocycles. The number of rotatable bonds is 5. The minimum absolute atomic E-state index is 0.182. The molecule has 2 fully saturated rings. The summed E-state index contributed by atoms with van der Waals surface area (Å²) in [5, 5.41) is 1.03. The molecule has 3 heterocycles. The van der Waals surface area contributed by atoms with E-state index in [0.717, 1.165) is 65.6 Å². The maximum atomic E-state index is 13.5. The van der Waals surface area contributed by atoms with Gasteiger partial charge in [-0.05, 0) is 66.6 Å². The first-order chi connectivity index (χ1) is 18.8. The normalized spacial score (nSPS) is 17.9. The Hall–Kier alpha value is -4.07. The first-order valence-corrected chi connectivity index (χ1v) is 13.3. The lowest BCUT2D eigenvalue weighted by Gasteiger charge is -2.18. The fourth-order valence-electron chi connectivity index (χ4n) is 5.69. The van der Waals surface area contributed by atoms with Gasteiger partial charge in [-0.3, -0.25) is 4.79 Å². The molecule has 2 aliphatic rings. The van der Waals surface area contributed by atoms with Gasteiger partial charge in [0, 0.05) is 36.5 Å². The van der Waals surface area contributed by atoms with Gasteiger partial charge in [-0.15, -0.1) is 0 Å². The average molecular weight is 530 g/mol. The van der Waals surface area contributed by atoms with Crippen LogP contribution in [-0.2, 0) is 17.5 Å². The second kappa shape index (κ2) is 9.00. The second-order valence-electron chi connectivity index (χ2n) is 10.7.